The molecule has 0 saturated heterocycles. The number of terminal acetylenes is 1. The van der Waals surface area contributed by atoms with Gasteiger partial charge in [0.2, 0.25) is 10.0 Å². The Morgan fingerprint density at radius 2 is 1.90 bits per heavy atom. The SMILES string of the molecule is C#CCN(CCC)S(=O)(=O)c1cc(CC)cc(N)c1CC. The van der Waals surface area contributed by atoms with Crippen molar-refractivity contribution < 1.29 is 8.42 Å². The fourth-order valence-corrected chi connectivity index (χ4v) is 4.13. The van der Waals surface area contributed by atoms with Gasteiger partial charge in [0.05, 0.1) is 11.4 Å². The summed E-state index contributed by atoms with van der Waals surface area (Å²) in [4.78, 5) is 0.297. The Kier molecular flexibility index (Phi) is 6.25. The van der Waals surface area contributed by atoms with Crippen LogP contribution in [0.2, 0.25) is 0 Å². The van der Waals surface area contributed by atoms with Gasteiger partial charge in [-0.05, 0) is 42.5 Å². The average molecular weight is 308 g/mol. The molecule has 2 N–H and O–H groups in total. The van der Waals surface area contributed by atoms with E-state index in [1.165, 1.54) is 4.31 Å². The van der Waals surface area contributed by atoms with E-state index in [9.17, 15) is 8.42 Å². The van der Waals surface area contributed by atoms with Crippen LogP contribution < -0.4 is 5.73 Å². The molecule has 4 nitrogen and oxygen atoms in total. The Hall–Kier alpha value is -1.51. The van der Waals surface area contributed by atoms with Crippen LogP contribution in [0.1, 0.15) is 38.3 Å². The number of nitrogen functional groups attached to an aromatic ring is 1. The van der Waals surface area contributed by atoms with Crippen LogP contribution in [-0.4, -0.2) is 25.8 Å². The highest BCUT2D eigenvalue weighted by Crippen LogP contribution is 2.27. The van der Waals surface area contributed by atoms with E-state index in [0.29, 0.717) is 35.5 Å². The first-order valence-corrected chi connectivity index (χ1v) is 8.71. The van der Waals surface area contributed by atoms with Gasteiger partial charge in [0, 0.05) is 12.2 Å². The largest absolute Gasteiger partial charge is 0.398 e. The van der Waals surface area contributed by atoms with Crippen LogP contribution in [0, 0.1) is 12.3 Å². The van der Waals surface area contributed by atoms with Crippen LogP contribution in [-0.2, 0) is 22.9 Å². The number of hydrogen-bond acceptors (Lipinski definition) is 3. The minimum Gasteiger partial charge on any atom is -0.398 e. The highest BCUT2D eigenvalue weighted by Gasteiger charge is 2.26. The Labute approximate surface area is 128 Å². The third kappa shape index (κ3) is 3.78. The second-order valence-corrected chi connectivity index (χ2v) is 6.82. The zero-order valence-corrected chi connectivity index (χ0v) is 13.8. The third-order valence-electron chi connectivity index (χ3n) is 3.42. The smallest absolute Gasteiger partial charge is 0.244 e. The molecule has 0 atom stereocenters. The molecule has 0 aromatic heterocycles. The topological polar surface area (TPSA) is 63.4 Å². The maximum Gasteiger partial charge on any atom is 0.244 e. The number of anilines is 1. The predicted octanol–water partition coefficient (Wildman–Crippen LogP) is 2.43. The molecule has 0 bridgehead atoms. The van der Waals surface area contributed by atoms with Gasteiger partial charge in [0.1, 0.15) is 0 Å². The van der Waals surface area contributed by atoms with Crippen LogP contribution >= 0.6 is 0 Å². The predicted molar refractivity (Wildman–Crippen MR) is 87.5 cm³/mol. The van der Waals surface area contributed by atoms with Gasteiger partial charge in [0.15, 0.2) is 0 Å². The van der Waals surface area contributed by atoms with Gasteiger partial charge in [-0.3, -0.25) is 0 Å². The number of aryl methyl sites for hydroxylation is 1. The Bertz CT molecular complexity index is 630. The van der Waals surface area contributed by atoms with E-state index in [1.807, 2.05) is 26.8 Å². The van der Waals surface area contributed by atoms with Crippen LogP contribution in [0.4, 0.5) is 5.69 Å². The number of sulfonamides is 1. The van der Waals surface area contributed by atoms with Gasteiger partial charge in [-0.25, -0.2) is 8.42 Å². The van der Waals surface area contributed by atoms with Crippen molar-refractivity contribution in [2.24, 2.45) is 0 Å². The zero-order chi connectivity index (χ0) is 16.0. The molecule has 1 rings (SSSR count). The summed E-state index contributed by atoms with van der Waals surface area (Å²) in [7, 11) is -3.61. The Morgan fingerprint density at radius 3 is 2.38 bits per heavy atom. The second-order valence-electron chi connectivity index (χ2n) is 4.91. The van der Waals surface area contributed by atoms with Crippen molar-refractivity contribution in [3.63, 3.8) is 0 Å². The van der Waals surface area contributed by atoms with Crippen LogP contribution in [0.15, 0.2) is 17.0 Å². The van der Waals surface area contributed by atoms with Crippen molar-refractivity contribution in [3.05, 3.63) is 23.3 Å². The van der Waals surface area contributed by atoms with Crippen molar-refractivity contribution in [3.8, 4) is 12.3 Å². The minimum atomic E-state index is -3.61. The van der Waals surface area contributed by atoms with Crippen molar-refractivity contribution in [2.45, 2.75) is 44.9 Å². The van der Waals surface area contributed by atoms with E-state index in [0.717, 1.165) is 12.0 Å². The average Bonchev–Trinajstić information content (AvgIpc) is 2.46. The zero-order valence-electron chi connectivity index (χ0n) is 13.0. The van der Waals surface area contributed by atoms with Gasteiger partial charge < -0.3 is 5.73 Å². The van der Waals surface area contributed by atoms with Crippen LogP contribution in [0.25, 0.3) is 0 Å². The lowest BCUT2D eigenvalue weighted by molar-refractivity contribution is 0.445. The van der Waals surface area contributed by atoms with Gasteiger partial charge >= 0.3 is 0 Å². The van der Waals surface area contributed by atoms with Crippen molar-refractivity contribution in [1.29, 1.82) is 0 Å². The number of hydrogen-bond donors (Lipinski definition) is 1. The molecule has 1 aromatic carbocycles. The van der Waals surface area contributed by atoms with Gasteiger partial charge in [-0.2, -0.15) is 4.31 Å². The Morgan fingerprint density at radius 1 is 1.24 bits per heavy atom. The highest BCUT2D eigenvalue weighted by atomic mass is 32.2. The molecular formula is C16H24N2O2S. The fourth-order valence-electron chi connectivity index (χ4n) is 2.31. The summed E-state index contributed by atoms with van der Waals surface area (Å²) in [6.45, 7) is 6.29. The molecule has 0 fully saturated rings. The molecule has 116 valence electrons. The van der Waals surface area contributed by atoms with E-state index >= 15 is 0 Å². The van der Waals surface area contributed by atoms with Crippen molar-refractivity contribution in [1.82, 2.24) is 4.31 Å². The molecule has 0 saturated carbocycles. The lowest BCUT2D eigenvalue weighted by Gasteiger charge is -2.22. The number of benzene rings is 1. The second kappa shape index (κ2) is 7.48. The molecular weight excluding hydrogens is 284 g/mol. The molecule has 0 radical (unpaired) electrons. The summed E-state index contributed by atoms with van der Waals surface area (Å²) < 4.78 is 27.1. The monoisotopic (exact) mass is 308 g/mol. The Balaban J connectivity index is 3.48. The quantitative estimate of drug-likeness (QED) is 0.621. The van der Waals surface area contributed by atoms with E-state index in [1.54, 1.807) is 6.07 Å². The normalized spacial score (nSPS) is 11.6. The summed E-state index contributed by atoms with van der Waals surface area (Å²) in [5, 5.41) is 0. The molecule has 0 aliphatic carbocycles. The van der Waals surface area contributed by atoms with Crippen molar-refractivity contribution >= 4 is 15.7 Å². The van der Waals surface area contributed by atoms with Crippen LogP contribution in [0.5, 0.6) is 0 Å². The molecule has 0 aliphatic rings. The molecule has 5 heteroatoms. The molecule has 21 heavy (non-hydrogen) atoms. The molecule has 0 amide bonds. The maximum atomic E-state index is 12.9. The maximum absolute atomic E-state index is 12.9. The molecule has 0 spiro atoms. The number of nitrogens with two attached hydrogens (primary N) is 1. The first kappa shape index (κ1) is 17.5. The number of rotatable bonds is 7. The first-order valence-electron chi connectivity index (χ1n) is 7.27. The fraction of sp³-hybridized carbons (Fsp3) is 0.500. The summed E-state index contributed by atoms with van der Waals surface area (Å²) in [6, 6.07) is 3.58. The highest BCUT2D eigenvalue weighted by molar-refractivity contribution is 7.89. The van der Waals surface area contributed by atoms with Gasteiger partial charge in [0.25, 0.3) is 0 Å². The van der Waals surface area contributed by atoms with E-state index < -0.39 is 10.0 Å². The van der Waals surface area contributed by atoms with E-state index in [4.69, 9.17) is 12.2 Å². The van der Waals surface area contributed by atoms with E-state index in [-0.39, 0.29) is 6.54 Å². The summed E-state index contributed by atoms with van der Waals surface area (Å²) >= 11 is 0. The molecule has 0 heterocycles. The molecule has 0 aliphatic heterocycles. The summed E-state index contributed by atoms with van der Waals surface area (Å²) in [5.41, 5.74) is 8.15. The van der Waals surface area contributed by atoms with Crippen LogP contribution in [0.3, 0.4) is 0 Å². The van der Waals surface area contributed by atoms with Crippen molar-refractivity contribution in [2.75, 3.05) is 18.8 Å². The standard InChI is InChI=1S/C16H24N2O2S/c1-5-9-18(10-6-2)21(19,20)16-12-13(7-3)11-15(17)14(16)8-4/h1,11-12H,6-10,17H2,2-4H3. The lowest BCUT2D eigenvalue weighted by atomic mass is 10.1. The molecule has 1 aromatic rings. The van der Waals surface area contributed by atoms with Gasteiger partial charge in [-0.1, -0.05) is 26.7 Å². The summed E-state index contributed by atoms with van der Waals surface area (Å²) in [5.74, 6) is 2.42. The lowest BCUT2D eigenvalue weighted by Crippen LogP contribution is -2.33. The number of nitrogens with zero attached hydrogens (tertiary/aromatic N) is 1. The summed E-state index contributed by atoms with van der Waals surface area (Å²) in [6.07, 6.45) is 7.33. The third-order valence-corrected chi connectivity index (χ3v) is 5.34. The van der Waals surface area contributed by atoms with Gasteiger partial charge in [-0.15, -0.1) is 6.42 Å². The first-order chi connectivity index (χ1) is 9.92. The minimum absolute atomic E-state index is 0.0790. The van der Waals surface area contributed by atoms with E-state index in [2.05, 4.69) is 5.92 Å². The molecule has 0 unspecified atom stereocenters.